The second-order valence-corrected chi connectivity index (χ2v) is 6.75. The lowest BCUT2D eigenvalue weighted by Gasteiger charge is -2.10. The topological polar surface area (TPSA) is 65.2 Å². The molecule has 0 atom stereocenters. The summed E-state index contributed by atoms with van der Waals surface area (Å²) in [5, 5.41) is 4.25. The molecule has 1 aromatic heterocycles. The van der Waals surface area contributed by atoms with E-state index in [0.29, 0.717) is 5.82 Å². The van der Waals surface area contributed by atoms with Crippen molar-refractivity contribution in [3.63, 3.8) is 0 Å². The van der Waals surface area contributed by atoms with Crippen molar-refractivity contribution in [2.24, 2.45) is 0 Å². The highest BCUT2D eigenvalue weighted by atomic mass is 35.5. The van der Waals surface area contributed by atoms with E-state index in [1.165, 1.54) is 12.1 Å². The molecule has 2 rings (SSSR count). The van der Waals surface area contributed by atoms with E-state index in [9.17, 15) is 4.79 Å². The SMILES string of the molecule is CC(C)(C)c1noc(COC(=O)c2c(Cl)ccc(Cl)c2Cl)n1. The number of hydrogen-bond donors (Lipinski definition) is 0. The predicted octanol–water partition coefficient (Wildman–Crippen LogP) is 4.68. The maximum absolute atomic E-state index is 12.1. The predicted molar refractivity (Wildman–Crippen MR) is 83.6 cm³/mol. The van der Waals surface area contributed by atoms with E-state index in [4.69, 9.17) is 44.1 Å². The van der Waals surface area contributed by atoms with Crippen LogP contribution in [0.1, 0.15) is 42.8 Å². The van der Waals surface area contributed by atoms with Crippen LogP contribution in [0.25, 0.3) is 0 Å². The van der Waals surface area contributed by atoms with Crippen LogP contribution in [0, 0.1) is 0 Å². The van der Waals surface area contributed by atoms with Crippen LogP contribution in [-0.4, -0.2) is 16.1 Å². The van der Waals surface area contributed by atoms with E-state index in [1.54, 1.807) is 0 Å². The minimum atomic E-state index is -0.715. The summed E-state index contributed by atoms with van der Waals surface area (Å²) >= 11 is 17.8. The second-order valence-electron chi connectivity index (χ2n) is 5.56. The van der Waals surface area contributed by atoms with Crippen LogP contribution in [0.15, 0.2) is 16.7 Å². The minimum absolute atomic E-state index is 0.00592. The van der Waals surface area contributed by atoms with Gasteiger partial charge in [0, 0.05) is 5.41 Å². The second kappa shape index (κ2) is 6.44. The van der Waals surface area contributed by atoms with E-state index in [0.717, 1.165) is 0 Å². The van der Waals surface area contributed by atoms with Crippen molar-refractivity contribution in [2.45, 2.75) is 32.8 Å². The Morgan fingerprint density at radius 3 is 2.45 bits per heavy atom. The largest absolute Gasteiger partial charge is 0.452 e. The lowest BCUT2D eigenvalue weighted by molar-refractivity contribution is 0.0430. The highest BCUT2D eigenvalue weighted by Crippen LogP contribution is 2.32. The van der Waals surface area contributed by atoms with Gasteiger partial charge in [-0.1, -0.05) is 60.7 Å². The van der Waals surface area contributed by atoms with Gasteiger partial charge in [0.25, 0.3) is 5.89 Å². The summed E-state index contributed by atoms with van der Waals surface area (Å²) in [6, 6.07) is 2.97. The summed E-state index contributed by atoms with van der Waals surface area (Å²) in [6.45, 7) is 5.65. The van der Waals surface area contributed by atoms with Crippen LogP contribution in [0.2, 0.25) is 15.1 Å². The van der Waals surface area contributed by atoms with Gasteiger partial charge >= 0.3 is 5.97 Å². The highest BCUT2D eigenvalue weighted by molar-refractivity contribution is 6.46. The van der Waals surface area contributed by atoms with Crippen molar-refractivity contribution in [1.82, 2.24) is 10.1 Å². The fraction of sp³-hybridized carbons (Fsp3) is 0.357. The number of hydrogen-bond acceptors (Lipinski definition) is 5. The first-order valence-corrected chi connectivity index (χ1v) is 7.47. The number of esters is 1. The Morgan fingerprint density at radius 1 is 1.23 bits per heavy atom. The number of ether oxygens (including phenoxy) is 1. The molecule has 0 unspecified atom stereocenters. The number of halogens is 3. The molecule has 0 saturated carbocycles. The Morgan fingerprint density at radius 2 is 1.86 bits per heavy atom. The maximum atomic E-state index is 12.1. The van der Waals surface area contributed by atoms with Crippen molar-refractivity contribution in [2.75, 3.05) is 0 Å². The third kappa shape index (κ3) is 3.72. The molecule has 5 nitrogen and oxygen atoms in total. The Bertz CT molecular complexity index is 708. The number of benzene rings is 1. The summed E-state index contributed by atoms with van der Waals surface area (Å²) in [7, 11) is 0. The van der Waals surface area contributed by atoms with Gasteiger partial charge in [0.2, 0.25) is 0 Å². The van der Waals surface area contributed by atoms with Gasteiger partial charge in [0.1, 0.15) is 0 Å². The maximum Gasteiger partial charge on any atom is 0.341 e. The lowest BCUT2D eigenvalue weighted by atomic mass is 9.96. The molecule has 22 heavy (non-hydrogen) atoms. The number of carbonyl (C=O) groups is 1. The molecule has 0 aliphatic heterocycles. The standard InChI is InChI=1S/C14H13Cl3N2O3/c1-14(2,3)13-18-9(22-19-13)6-21-12(20)10-7(15)4-5-8(16)11(10)17/h4-5H,6H2,1-3H3. The molecule has 0 aliphatic carbocycles. The molecule has 1 aromatic carbocycles. The summed E-state index contributed by atoms with van der Waals surface area (Å²) < 4.78 is 10.1. The number of rotatable bonds is 3. The third-order valence-electron chi connectivity index (χ3n) is 2.71. The van der Waals surface area contributed by atoms with E-state index in [1.807, 2.05) is 20.8 Å². The average molecular weight is 364 g/mol. The fourth-order valence-electron chi connectivity index (χ4n) is 1.53. The van der Waals surface area contributed by atoms with E-state index >= 15 is 0 Å². The molecule has 1 heterocycles. The smallest absolute Gasteiger partial charge is 0.341 e. The van der Waals surface area contributed by atoms with Crippen molar-refractivity contribution in [3.8, 4) is 0 Å². The van der Waals surface area contributed by atoms with Crippen molar-refractivity contribution in [1.29, 1.82) is 0 Å². The molecule has 0 fully saturated rings. The zero-order valence-corrected chi connectivity index (χ0v) is 14.4. The van der Waals surface area contributed by atoms with Gasteiger partial charge in [-0.05, 0) is 12.1 Å². The zero-order valence-electron chi connectivity index (χ0n) is 12.1. The normalized spacial score (nSPS) is 11.5. The van der Waals surface area contributed by atoms with Gasteiger partial charge in [-0.2, -0.15) is 4.98 Å². The van der Waals surface area contributed by atoms with Crippen LogP contribution in [-0.2, 0) is 16.8 Å². The van der Waals surface area contributed by atoms with Crippen LogP contribution < -0.4 is 0 Å². The molecule has 0 amide bonds. The third-order valence-corrected chi connectivity index (χ3v) is 3.83. The van der Waals surface area contributed by atoms with Gasteiger partial charge in [-0.25, -0.2) is 4.79 Å². The first-order chi connectivity index (χ1) is 10.2. The Balaban J connectivity index is 2.11. The molecule has 0 bridgehead atoms. The molecular weight excluding hydrogens is 351 g/mol. The molecule has 0 spiro atoms. The average Bonchev–Trinajstić information content (AvgIpc) is 2.90. The van der Waals surface area contributed by atoms with Crippen LogP contribution >= 0.6 is 34.8 Å². The molecule has 0 aliphatic rings. The molecule has 8 heteroatoms. The molecule has 118 valence electrons. The van der Waals surface area contributed by atoms with Gasteiger partial charge in [-0.15, -0.1) is 0 Å². The van der Waals surface area contributed by atoms with Gasteiger partial charge in [0.05, 0.1) is 20.6 Å². The number of aromatic nitrogens is 2. The molecule has 0 radical (unpaired) electrons. The first-order valence-electron chi connectivity index (χ1n) is 6.34. The molecule has 2 aromatic rings. The van der Waals surface area contributed by atoms with Crippen molar-refractivity contribution < 1.29 is 14.1 Å². The van der Waals surface area contributed by atoms with Crippen LogP contribution in [0.5, 0.6) is 0 Å². The number of nitrogens with zero attached hydrogens (tertiary/aromatic N) is 2. The zero-order chi connectivity index (χ0) is 16.5. The number of carbonyl (C=O) groups excluding carboxylic acids is 1. The summed E-state index contributed by atoms with van der Waals surface area (Å²) in [4.78, 5) is 16.2. The van der Waals surface area contributed by atoms with Crippen LogP contribution in [0.4, 0.5) is 0 Å². The minimum Gasteiger partial charge on any atom is -0.452 e. The summed E-state index contributed by atoms with van der Waals surface area (Å²) in [6.07, 6.45) is 0. The van der Waals surface area contributed by atoms with Crippen molar-refractivity contribution in [3.05, 3.63) is 44.5 Å². The van der Waals surface area contributed by atoms with Gasteiger partial charge < -0.3 is 9.26 Å². The lowest BCUT2D eigenvalue weighted by Crippen LogP contribution is -2.13. The van der Waals surface area contributed by atoms with Gasteiger partial charge in [-0.3, -0.25) is 0 Å². The summed E-state index contributed by atoms with van der Waals surface area (Å²) in [5.41, 5.74) is -0.253. The Kier molecular flexibility index (Phi) is 5.00. The highest BCUT2D eigenvalue weighted by Gasteiger charge is 2.23. The Hall–Kier alpha value is -1.30. The van der Waals surface area contributed by atoms with Gasteiger partial charge in [0.15, 0.2) is 12.4 Å². The molecule has 0 N–H and O–H groups in total. The van der Waals surface area contributed by atoms with Crippen molar-refractivity contribution >= 4 is 40.8 Å². The first kappa shape index (κ1) is 17.1. The van der Waals surface area contributed by atoms with E-state index in [2.05, 4.69) is 10.1 Å². The monoisotopic (exact) mass is 362 g/mol. The molecular formula is C14H13Cl3N2O3. The fourth-order valence-corrected chi connectivity index (χ4v) is 2.21. The van der Waals surface area contributed by atoms with Crippen LogP contribution in [0.3, 0.4) is 0 Å². The van der Waals surface area contributed by atoms with E-state index < -0.39 is 5.97 Å². The van der Waals surface area contributed by atoms with E-state index in [-0.39, 0.29) is 38.5 Å². The quantitative estimate of drug-likeness (QED) is 0.585. The molecule has 0 saturated heterocycles. The Labute approximate surface area is 142 Å². The summed E-state index contributed by atoms with van der Waals surface area (Å²) in [5.74, 6) is -0.00192.